The van der Waals surface area contributed by atoms with Crippen molar-refractivity contribution in [1.29, 1.82) is 0 Å². The fourth-order valence-electron chi connectivity index (χ4n) is 3.57. The zero-order valence-corrected chi connectivity index (χ0v) is 14.0. The van der Waals surface area contributed by atoms with Crippen LogP contribution >= 0.6 is 0 Å². The maximum Gasteiger partial charge on any atom is 0.231 e. The molecule has 24 heavy (non-hydrogen) atoms. The summed E-state index contributed by atoms with van der Waals surface area (Å²) < 4.78 is 17.3. The van der Waals surface area contributed by atoms with Gasteiger partial charge in [0.1, 0.15) is 0 Å². The molecule has 0 aliphatic carbocycles. The quantitative estimate of drug-likeness (QED) is 0.837. The van der Waals surface area contributed by atoms with E-state index in [1.54, 1.807) is 0 Å². The Hall–Kier alpha value is -2.04. The molecule has 0 saturated carbocycles. The summed E-state index contributed by atoms with van der Waals surface area (Å²) in [7, 11) is 2.13. The van der Waals surface area contributed by atoms with E-state index < -0.39 is 0 Å². The molecule has 0 radical (unpaired) electrons. The maximum atomic E-state index is 6.25. The first-order chi connectivity index (χ1) is 11.8. The molecule has 0 bridgehead atoms. The summed E-state index contributed by atoms with van der Waals surface area (Å²) in [4.78, 5) is 2.30. The molecule has 2 unspecified atom stereocenters. The summed E-state index contributed by atoms with van der Waals surface area (Å²) in [6.45, 7) is 2.08. The number of ether oxygens (including phenoxy) is 3. The van der Waals surface area contributed by atoms with E-state index in [1.165, 1.54) is 11.1 Å². The summed E-state index contributed by atoms with van der Waals surface area (Å²) >= 11 is 0. The summed E-state index contributed by atoms with van der Waals surface area (Å²) in [5.41, 5.74) is 2.46. The number of likely N-dealkylation sites (N-methyl/N-ethyl adjacent to an activating group) is 1. The molecule has 2 heterocycles. The Labute approximate surface area is 142 Å². The molecule has 126 valence electrons. The molecule has 2 aliphatic heterocycles. The minimum atomic E-state index is 0.238. The SMILES string of the molecule is CN(Cc1cccc2c1OCO2)CC1CCC(c2ccccc2)O1. The number of rotatable bonds is 5. The van der Waals surface area contributed by atoms with Crippen LogP contribution in [-0.2, 0) is 11.3 Å². The van der Waals surface area contributed by atoms with Crippen molar-refractivity contribution < 1.29 is 14.2 Å². The van der Waals surface area contributed by atoms with Crippen LogP contribution in [0.4, 0.5) is 0 Å². The predicted octanol–water partition coefficient (Wildman–Crippen LogP) is 3.77. The number of fused-ring (bicyclic) bond motifs is 1. The third-order valence-corrected chi connectivity index (χ3v) is 4.71. The van der Waals surface area contributed by atoms with Gasteiger partial charge in [-0.05, 0) is 31.5 Å². The molecule has 0 spiro atoms. The van der Waals surface area contributed by atoms with E-state index in [4.69, 9.17) is 14.2 Å². The highest BCUT2D eigenvalue weighted by molar-refractivity contribution is 5.48. The van der Waals surface area contributed by atoms with E-state index in [1.807, 2.05) is 18.2 Å². The molecule has 0 N–H and O–H groups in total. The van der Waals surface area contributed by atoms with Crippen LogP contribution in [-0.4, -0.2) is 31.4 Å². The van der Waals surface area contributed by atoms with Crippen molar-refractivity contribution in [3.05, 3.63) is 59.7 Å². The van der Waals surface area contributed by atoms with Gasteiger partial charge in [0.25, 0.3) is 0 Å². The molecular weight excluding hydrogens is 302 g/mol. The lowest BCUT2D eigenvalue weighted by Crippen LogP contribution is -2.28. The van der Waals surface area contributed by atoms with Crippen LogP contribution in [0.2, 0.25) is 0 Å². The molecule has 1 saturated heterocycles. The summed E-state index contributed by atoms with van der Waals surface area (Å²) in [5.74, 6) is 1.74. The van der Waals surface area contributed by atoms with Crippen LogP contribution in [0, 0.1) is 0 Å². The van der Waals surface area contributed by atoms with Crippen molar-refractivity contribution in [1.82, 2.24) is 4.90 Å². The lowest BCUT2D eigenvalue weighted by Gasteiger charge is -2.22. The third kappa shape index (κ3) is 3.25. The van der Waals surface area contributed by atoms with E-state index >= 15 is 0 Å². The predicted molar refractivity (Wildman–Crippen MR) is 92.2 cm³/mol. The molecule has 2 aromatic rings. The fourth-order valence-corrected chi connectivity index (χ4v) is 3.57. The Balaban J connectivity index is 1.34. The Morgan fingerprint density at radius 2 is 1.88 bits per heavy atom. The second-order valence-electron chi connectivity index (χ2n) is 6.58. The standard InChI is InChI=1S/C20H23NO3/c1-21(12-16-8-5-9-19-20(16)23-14-22-19)13-17-10-11-18(24-17)15-6-3-2-4-7-15/h2-9,17-18H,10-14H2,1H3. The Morgan fingerprint density at radius 3 is 2.75 bits per heavy atom. The average molecular weight is 325 g/mol. The second-order valence-corrected chi connectivity index (χ2v) is 6.58. The molecule has 1 fully saturated rings. The maximum absolute atomic E-state index is 6.25. The highest BCUT2D eigenvalue weighted by Crippen LogP contribution is 2.36. The number of nitrogens with zero attached hydrogens (tertiary/aromatic N) is 1. The first kappa shape index (κ1) is 15.5. The van der Waals surface area contributed by atoms with E-state index in [0.717, 1.165) is 37.4 Å². The molecule has 4 heteroatoms. The van der Waals surface area contributed by atoms with E-state index in [0.29, 0.717) is 6.79 Å². The largest absolute Gasteiger partial charge is 0.454 e. The minimum absolute atomic E-state index is 0.238. The Kier molecular flexibility index (Phi) is 4.41. The van der Waals surface area contributed by atoms with Crippen LogP contribution < -0.4 is 9.47 Å². The lowest BCUT2D eigenvalue weighted by molar-refractivity contribution is 0.0254. The van der Waals surface area contributed by atoms with Gasteiger partial charge in [-0.15, -0.1) is 0 Å². The second kappa shape index (κ2) is 6.83. The number of benzene rings is 2. The lowest BCUT2D eigenvalue weighted by atomic mass is 10.1. The van der Waals surface area contributed by atoms with Crippen LogP contribution in [0.15, 0.2) is 48.5 Å². The van der Waals surface area contributed by atoms with Gasteiger partial charge in [0.2, 0.25) is 6.79 Å². The topological polar surface area (TPSA) is 30.9 Å². The van der Waals surface area contributed by atoms with Gasteiger partial charge in [-0.1, -0.05) is 42.5 Å². The molecule has 2 atom stereocenters. The first-order valence-corrected chi connectivity index (χ1v) is 8.56. The van der Waals surface area contributed by atoms with Crippen LogP contribution in [0.1, 0.15) is 30.1 Å². The van der Waals surface area contributed by atoms with Crippen molar-refractivity contribution in [2.24, 2.45) is 0 Å². The third-order valence-electron chi connectivity index (χ3n) is 4.71. The molecule has 2 aromatic carbocycles. The van der Waals surface area contributed by atoms with Gasteiger partial charge in [-0.2, -0.15) is 0 Å². The van der Waals surface area contributed by atoms with Gasteiger partial charge in [0.05, 0.1) is 12.2 Å². The average Bonchev–Trinajstić information content (AvgIpc) is 3.25. The fraction of sp³-hybridized carbons (Fsp3) is 0.400. The number of hydrogen-bond donors (Lipinski definition) is 0. The zero-order valence-electron chi connectivity index (χ0n) is 14.0. The smallest absolute Gasteiger partial charge is 0.231 e. The molecule has 2 aliphatic rings. The number of para-hydroxylation sites is 1. The molecular formula is C20H23NO3. The Bertz CT molecular complexity index is 689. The molecule has 4 nitrogen and oxygen atoms in total. The van der Waals surface area contributed by atoms with Gasteiger partial charge >= 0.3 is 0 Å². The van der Waals surface area contributed by atoms with Gasteiger partial charge in [-0.25, -0.2) is 0 Å². The minimum Gasteiger partial charge on any atom is -0.454 e. The monoisotopic (exact) mass is 325 g/mol. The Morgan fingerprint density at radius 1 is 1.00 bits per heavy atom. The highest BCUT2D eigenvalue weighted by Gasteiger charge is 2.27. The number of hydrogen-bond acceptors (Lipinski definition) is 4. The van der Waals surface area contributed by atoms with Crippen LogP contribution in [0.3, 0.4) is 0 Å². The van der Waals surface area contributed by atoms with Crippen molar-refractivity contribution in [2.75, 3.05) is 20.4 Å². The van der Waals surface area contributed by atoms with E-state index in [-0.39, 0.29) is 12.2 Å². The van der Waals surface area contributed by atoms with Crippen molar-refractivity contribution in [3.63, 3.8) is 0 Å². The van der Waals surface area contributed by atoms with Crippen LogP contribution in [0.5, 0.6) is 11.5 Å². The van der Waals surface area contributed by atoms with Crippen molar-refractivity contribution in [3.8, 4) is 11.5 Å². The van der Waals surface area contributed by atoms with Gasteiger partial charge in [0.15, 0.2) is 11.5 Å². The highest BCUT2D eigenvalue weighted by atomic mass is 16.7. The van der Waals surface area contributed by atoms with Crippen molar-refractivity contribution in [2.45, 2.75) is 31.6 Å². The van der Waals surface area contributed by atoms with Gasteiger partial charge in [-0.3, -0.25) is 4.90 Å². The first-order valence-electron chi connectivity index (χ1n) is 8.56. The normalized spacial score (nSPS) is 22.2. The summed E-state index contributed by atoms with van der Waals surface area (Å²) in [6.07, 6.45) is 2.73. The van der Waals surface area contributed by atoms with Crippen LogP contribution in [0.25, 0.3) is 0 Å². The summed E-state index contributed by atoms with van der Waals surface area (Å²) in [5, 5.41) is 0. The molecule has 0 amide bonds. The van der Waals surface area contributed by atoms with Gasteiger partial charge < -0.3 is 14.2 Å². The van der Waals surface area contributed by atoms with E-state index in [2.05, 4.69) is 42.3 Å². The molecule has 4 rings (SSSR count). The molecule has 0 aromatic heterocycles. The van der Waals surface area contributed by atoms with Crippen molar-refractivity contribution >= 4 is 0 Å². The van der Waals surface area contributed by atoms with E-state index in [9.17, 15) is 0 Å². The van der Waals surface area contributed by atoms with Gasteiger partial charge in [0, 0.05) is 18.7 Å². The summed E-state index contributed by atoms with van der Waals surface area (Å²) in [6, 6.07) is 16.6. The zero-order chi connectivity index (χ0) is 16.4.